The average Bonchev–Trinajstić information content (AvgIpc) is 3.07. The number of carbonyl (C=O) groups excluding carboxylic acids is 2. The number of aromatic nitrogens is 2. The number of benzene rings is 2. The molecule has 0 bridgehead atoms. The molecule has 0 saturated carbocycles. The Morgan fingerprint density at radius 3 is 2.32 bits per heavy atom. The Labute approximate surface area is 182 Å². The molecule has 1 N–H and O–H groups in total. The zero-order valence-corrected chi connectivity index (χ0v) is 18.2. The first-order valence-corrected chi connectivity index (χ1v) is 10.2. The molecule has 1 amide bonds. The molecule has 0 aliphatic carbocycles. The summed E-state index contributed by atoms with van der Waals surface area (Å²) in [6.07, 6.45) is 0.249. The minimum Gasteiger partial charge on any atom is -0.468 e. The molecule has 1 aromatic heterocycles. The van der Waals surface area contributed by atoms with E-state index in [2.05, 4.69) is 10.4 Å². The van der Waals surface area contributed by atoms with Gasteiger partial charge in [-0.15, -0.1) is 0 Å². The fourth-order valence-electron chi connectivity index (χ4n) is 3.41. The highest BCUT2D eigenvalue weighted by Crippen LogP contribution is 2.23. The average molecular weight is 421 g/mol. The number of methoxy groups -OCH3 is 1. The number of carbonyl (C=O) groups is 2. The summed E-state index contributed by atoms with van der Waals surface area (Å²) < 4.78 is 6.63. The highest BCUT2D eigenvalue weighted by Gasteiger charge is 2.17. The third-order valence-corrected chi connectivity index (χ3v) is 5.04. The SMILES string of the molecule is COC(=O)CN(CCC(=O)Nc1c(C)nn(-c2ccccc2)c1C)Cc1ccccc1. The van der Waals surface area contributed by atoms with Crippen LogP contribution in [0.2, 0.25) is 0 Å². The molecule has 2 aromatic carbocycles. The first kappa shape index (κ1) is 22.2. The minimum atomic E-state index is -0.327. The van der Waals surface area contributed by atoms with Crippen molar-refractivity contribution < 1.29 is 14.3 Å². The molecular weight excluding hydrogens is 392 g/mol. The van der Waals surface area contributed by atoms with Crippen molar-refractivity contribution in [2.24, 2.45) is 0 Å². The lowest BCUT2D eigenvalue weighted by atomic mass is 10.2. The van der Waals surface area contributed by atoms with E-state index >= 15 is 0 Å². The second-order valence-electron chi connectivity index (χ2n) is 7.36. The van der Waals surface area contributed by atoms with Crippen LogP contribution in [0.4, 0.5) is 5.69 Å². The Hall–Kier alpha value is -3.45. The second-order valence-corrected chi connectivity index (χ2v) is 7.36. The Morgan fingerprint density at radius 2 is 1.68 bits per heavy atom. The summed E-state index contributed by atoms with van der Waals surface area (Å²) >= 11 is 0. The van der Waals surface area contributed by atoms with Crippen molar-refractivity contribution in [2.75, 3.05) is 25.5 Å². The first-order chi connectivity index (χ1) is 15.0. The van der Waals surface area contributed by atoms with Gasteiger partial charge in [-0.2, -0.15) is 5.10 Å². The normalized spacial score (nSPS) is 10.8. The fourth-order valence-corrected chi connectivity index (χ4v) is 3.41. The van der Waals surface area contributed by atoms with E-state index in [1.807, 2.05) is 84.1 Å². The number of para-hydroxylation sites is 1. The van der Waals surface area contributed by atoms with Crippen molar-refractivity contribution in [1.29, 1.82) is 0 Å². The molecule has 0 radical (unpaired) electrons. The van der Waals surface area contributed by atoms with Crippen molar-refractivity contribution in [3.8, 4) is 5.69 Å². The number of hydrogen-bond donors (Lipinski definition) is 1. The highest BCUT2D eigenvalue weighted by molar-refractivity contribution is 5.92. The van der Waals surface area contributed by atoms with E-state index in [-0.39, 0.29) is 24.8 Å². The van der Waals surface area contributed by atoms with Gasteiger partial charge < -0.3 is 10.1 Å². The molecule has 31 heavy (non-hydrogen) atoms. The topological polar surface area (TPSA) is 76.5 Å². The van der Waals surface area contributed by atoms with Crippen LogP contribution in [0.1, 0.15) is 23.4 Å². The van der Waals surface area contributed by atoms with E-state index in [0.29, 0.717) is 13.1 Å². The van der Waals surface area contributed by atoms with E-state index in [9.17, 15) is 9.59 Å². The third-order valence-electron chi connectivity index (χ3n) is 5.04. The smallest absolute Gasteiger partial charge is 0.319 e. The maximum atomic E-state index is 12.7. The molecule has 162 valence electrons. The van der Waals surface area contributed by atoms with Crippen LogP contribution in [-0.4, -0.2) is 46.8 Å². The van der Waals surface area contributed by atoms with Gasteiger partial charge in [0.05, 0.1) is 36.4 Å². The van der Waals surface area contributed by atoms with Crippen LogP contribution in [0.3, 0.4) is 0 Å². The lowest BCUT2D eigenvalue weighted by molar-refractivity contribution is -0.142. The molecule has 0 spiro atoms. The van der Waals surface area contributed by atoms with E-state index in [4.69, 9.17) is 4.74 Å². The summed E-state index contributed by atoms with van der Waals surface area (Å²) in [7, 11) is 1.37. The largest absolute Gasteiger partial charge is 0.468 e. The zero-order valence-electron chi connectivity index (χ0n) is 18.2. The first-order valence-electron chi connectivity index (χ1n) is 10.2. The Morgan fingerprint density at radius 1 is 1.03 bits per heavy atom. The van der Waals surface area contributed by atoms with Gasteiger partial charge >= 0.3 is 5.97 Å². The van der Waals surface area contributed by atoms with Crippen molar-refractivity contribution >= 4 is 17.6 Å². The summed E-state index contributed by atoms with van der Waals surface area (Å²) in [5.74, 6) is -0.450. The number of rotatable bonds is 9. The van der Waals surface area contributed by atoms with Gasteiger partial charge in [-0.05, 0) is 31.5 Å². The molecule has 1 heterocycles. The number of amides is 1. The lowest BCUT2D eigenvalue weighted by Gasteiger charge is -2.21. The molecular formula is C24H28N4O3. The van der Waals surface area contributed by atoms with Crippen molar-refractivity contribution in [3.05, 3.63) is 77.6 Å². The summed E-state index contributed by atoms with van der Waals surface area (Å²) in [5, 5.41) is 7.56. The minimum absolute atomic E-state index is 0.123. The molecule has 3 aromatic rings. The molecule has 0 atom stereocenters. The summed E-state index contributed by atoms with van der Waals surface area (Å²) in [5.41, 5.74) is 4.35. The van der Waals surface area contributed by atoms with Crippen molar-refractivity contribution in [2.45, 2.75) is 26.8 Å². The van der Waals surface area contributed by atoms with Crippen LogP contribution in [0.5, 0.6) is 0 Å². The van der Waals surface area contributed by atoms with Gasteiger partial charge in [0.2, 0.25) is 5.91 Å². The van der Waals surface area contributed by atoms with Gasteiger partial charge in [0, 0.05) is 19.5 Å². The molecule has 7 nitrogen and oxygen atoms in total. The standard InChI is InChI=1S/C24H28N4O3/c1-18-24(19(2)28(26-18)21-12-8-5-9-13-21)25-22(29)14-15-27(17-23(30)31-3)16-20-10-6-4-7-11-20/h4-13H,14-17H2,1-3H3,(H,25,29). The number of nitrogens with one attached hydrogen (secondary N) is 1. The van der Waals surface area contributed by atoms with E-state index in [0.717, 1.165) is 28.3 Å². The van der Waals surface area contributed by atoms with Crippen LogP contribution in [0.15, 0.2) is 60.7 Å². The predicted molar refractivity (Wildman–Crippen MR) is 120 cm³/mol. The van der Waals surface area contributed by atoms with E-state index in [1.54, 1.807) is 0 Å². The number of anilines is 1. The summed E-state index contributed by atoms with van der Waals surface area (Å²) in [4.78, 5) is 26.4. The molecule has 7 heteroatoms. The van der Waals surface area contributed by atoms with Crippen LogP contribution in [0, 0.1) is 13.8 Å². The maximum Gasteiger partial charge on any atom is 0.319 e. The van der Waals surface area contributed by atoms with Gasteiger partial charge in [-0.1, -0.05) is 48.5 Å². The fraction of sp³-hybridized carbons (Fsp3) is 0.292. The molecule has 3 rings (SSSR count). The quantitative estimate of drug-likeness (QED) is 0.536. The van der Waals surface area contributed by atoms with Gasteiger partial charge in [-0.25, -0.2) is 4.68 Å². The Balaban J connectivity index is 1.65. The number of nitrogens with zero attached hydrogens (tertiary/aromatic N) is 3. The molecule has 0 fully saturated rings. The van der Waals surface area contributed by atoms with Crippen LogP contribution < -0.4 is 5.32 Å². The van der Waals surface area contributed by atoms with Crippen LogP contribution >= 0.6 is 0 Å². The molecule has 0 saturated heterocycles. The number of aryl methyl sites for hydroxylation is 1. The second kappa shape index (κ2) is 10.5. The monoisotopic (exact) mass is 420 g/mol. The molecule has 0 aliphatic rings. The van der Waals surface area contributed by atoms with Gasteiger partial charge in [0.1, 0.15) is 0 Å². The molecule has 0 aliphatic heterocycles. The Bertz CT molecular complexity index is 1020. The number of ether oxygens (including phenoxy) is 1. The number of esters is 1. The van der Waals surface area contributed by atoms with E-state index < -0.39 is 0 Å². The van der Waals surface area contributed by atoms with Crippen molar-refractivity contribution in [3.63, 3.8) is 0 Å². The third kappa shape index (κ3) is 6.02. The predicted octanol–water partition coefficient (Wildman–Crippen LogP) is 3.49. The maximum absolute atomic E-state index is 12.7. The van der Waals surface area contributed by atoms with Crippen LogP contribution in [0.25, 0.3) is 5.69 Å². The highest BCUT2D eigenvalue weighted by atomic mass is 16.5. The summed E-state index contributed by atoms with van der Waals surface area (Å²) in [6.45, 7) is 4.93. The van der Waals surface area contributed by atoms with Crippen LogP contribution in [-0.2, 0) is 20.9 Å². The Kier molecular flexibility index (Phi) is 7.56. The van der Waals surface area contributed by atoms with Gasteiger partial charge in [0.25, 0.3) is 0 Å². The molecule has 0 unspecified atom stereocenters. The lowest BCUT2D eigenvalue weighted by Crippen LogP contribution is -2.33. The van der Waals surface area contributed by atoms with Gasteiger partial charge in [-0.3, -0.25) is 14.5 Å². The zero-order chi connectivity index (χ0) is 22.2. The van der Waals surface area contributed by atoms with E-state index in [1.165, 1.54) is 7.11 Å². The summed E-state index contributed by atoms with van der Waals surface area (Å²) in [6, 6.07) is 19.6. The van der Waals surface area contributed by atoms with Gasteiger partial charge in [0.15, 0.2) is 0 Å². The van der Waals surface area contributed by atoms with Crippen molar-refractivity contribution in [1.82, 2.24) is 14.7 Å². The number of hydrogen-bond acceptors (Lipinski definition) is 5.